The van der Waals surface area contributed by atoms with Crippen LogP contribution in [0.1, 0.15) is 31.1 Å². The van der Waals surface area contributed by atoms with Gasteiger partial charge in [-0.3, -0.25) is 4.90 Å². The molecule has 0 spiro atoms. The van der Waals surface area contributed by atoms with Gasteiger partial charge in [0, 0.05) is 18.2 Å². The number of hydrogen-bond donors (Lipinski definition) is 1. The summed E-state index contributed by atoms with van der Waals surface area (Å²) in [5.41, 5.74) is 1.25. The van der Waals surface area contributed by atoms with E-state index >= 15 is 0 Å². The van der Waals surface area contributed by atoms with Crippen LogP contribution in [0, 0.1) is 0 Å². The molecule has 0 atom stereocenters. The van der Waals surface area contributed by atoms with Crippen LogP contribution in [0.2, 0.25) is 0 Å². The number of hydrogen-bond acceptors (Lipinski definition) is 3. The van der Waals surface area contributed by atoms with Crippen molar-refractivity contribution in [1.29, 1.82) is 0 Å². The Bertz CT molecular complexity index is 304. The molecule has 0 unspecified atom stereocenters. The predicted molar refractivity (Wildman–Crippen MR) is 60.6 cm³/mol. The van der Waals surface area contributed by atoms with E-state index in [1.807, 2.05) is 6.26 Å². The monoisotopic (exact) mass is 208 g/mol. The molecule has 2 rings (SSSR count). The Hall–Kier alpha value is -0.800. The molecular weight excluding hydrogens is 188 g/mol. The van der Waals surface area contributed by atoms with Gasteiger partial charge in [-0.2, -0.15) is 0 Å². The maximum Gasteiger partial charge on any atom is 0.118 e. The first kappa shape index (κ1) is 10.7. The maximum atomic E-state index is 5.53. The molecule has 1 N–H and O–H groups in total. The first-order valence-electron chi connectivity index (χ1n) is 5.77. The SMILES string of the molecule is CCNCc1coc(CN(C)C2CC2)c1. The van der Waals surface area contributed by atoms with Crippen molar-refractivity contribution in [1.82, 2.24) is 10.2 Å². The zero-order chi connectivity index (χ0) is 10.7. The van der Waals surface area contributed by atoms with Crippen molar-refractivity contribution in [2.24, 2.45) is 0 Å². The van der Waals surface area contributed by atoms with E-state index in [9.17, 15) is 0 Å². The summed E-state index contributed by atoms with van der Waals surface area (Å²) in [4.78, 5) is 2.37. The smallest absolute Gasteiger partial charge is 0.118 e. The van der Waals surface area contributed by atoms with Gasteiger partial charge in [-0.15, -0.1) is 0 Å². The van der Waals surface area contributed by atoms with Crippen molar-refractivity contribution in [3.05, 3.63) is 23.7 Å². The van der Waals surface area contributed by atoms with Crippen LogP contribution in [0.15, 0.2) is 16.7 Å². The Morgan fingerprint density at radius 1 is 1.53 bits per heavy atom. The predicted octanol–water partition coefficient (Wildman–Crippen LogP) is 1.98. The molecule has 0 aliphatic heterocycles. The van der Waals surface area contributed by atoms with Crippen LogP contribution in [0.4, 0.5) is 0 Å². The van der Waals surface area contributed by atoms with E-state index in [2.05, 4.69) is 30.3 Å². The zero-order valence-corrected chi connectivity index (χ0v) is 9.62. The minimum Gasteiger partial charge on any atom is -0.468 e. The first-order chi connectivity index (χ1) is 7.29. The Balaban J connectivity index is 1.83. The number of furan rings is 1. The topological polar surface area (TPSA) is 28.4 Å². The molecule has 1 fully saturated rings. The molecule has 1 saturated carbocycles. The molecule has 1 aliphatic carbocycles. The van der Waals surface area contributed by atoms with Crippen LogP contribution in [-0.2, 0) is 13.1 Å². The van der Waals surface area contributed by atoms with Crippen molar-refractivity contribution < 1.29 is 4.42 Å². The molecular formula is C12H20N2O. The molecule has 3 nitrogen and oxygen atoms in total. The fourth-order valence-electron chi connectivity index (χ4n) is 1.76. The molecule has 1 heterocycles. The normalized spacial score (nSPS) is 16.2. The summed E-state index contributed by atoms with van der Waals surface area (Å²) in [6.45, 7) is 4.97. The van der Waals surface area contributed by atoms with Crippen molar-refractivity contribution in [3.8, 4) is 0 Å². The highest BCUT2D eigenvalue weighted by Crippen LogP contribution is 2.26. The summed E-state index contributed by atoms with van der Waals surface area (Å²) in [6.07, 6.45) is 4.56. The van der Waals surface area contributed by atoms with E-state index in [-0.39, 0.29) is 0 Å². The number of rotatable bonds is 6. The van der Waals surface area contributed by atoms with Crippen LogP contribution < -0.4 is 5.32 Å². The van der Waals surface area contributed by atoms with E-state index in [0.717, 1.165) is 31.4 Å². The summed E-state index contributed by atoms with van der Waals surface area (Å²) in [6, 6.07) is 2.95. The van der Waals surface area contributed by atoms with E-state index in [1.54, 1.807) is 0 Å². The first-order valence-corrected chi connectivity index (χ1v) is 5.77. The minimum absolute atomic E-state index is 0.798. The zero-order valence-electron chi connectivity index (χ0n) is 9.62. The van der Waals surface area contributed by atoms with Crippen molar-refractivity contribution in [3.63, 3.8) is 0 Å². The number of nitrogens with one attached hydrogen (secondary N) is 1. The average molecular weight is 208 g/mol. The largest absolute Gasteiger partial charge is 0.468 e. The summed E-state index contributed by atoms with van der Waals surface area (Å²) >= 11 is 0. The number of nitrogens with zero attached hydrogens (tertiary/aromatic N) is 1. The van der Waals surface area contributed by atoms with E-state index in [0.29, 0.717) is 0 Å². The third kappa shape index (κ3) is 3.08. The molecule has 0 saturated heterocycles. The minimum atomic E-state index is 0.798. The Labute approximate surface area is 91.4 Å². The third-order valence-corrected chi connectivity index (χ3v) is 2.86. The summed E-state index contributed by atoms with van der Waals surface area (Å²) in [5, 5.41) is 3.29. The highest BCUT2D eigenvalue weighted by Gasteiger charge is 2.26. The average Bonchev–Trinajstić information content (AvgIpc) is 2.99. The van der Waals surface area contributed by atoms with Gasteiger partial charge >= 0.3 is 0 Å². The Morgan fingerprint density at radius 3 is 3.00 bits per heavy atom. The molecule has 1 aliphatic rings. The van der Waals surface area contributed by atoms with Gasteiger partial charge in [0.15, 0.2) is 0 Å². The fourth-order valence-corrected chi connectivity index (χ4v) is 1.76. The molecule has 1 aromatic heterocycles. The lowest BCUT2D eigenvalue weighted by molar-refractivity contribution is 0.286. The van der Waals surface area contributed by atoms with Gasteiger partial charge < -0.3 is 9.73 Å². The second-order valence-electron chi connectivity index (χ2n) is 4.35. The molecule has 0 radical (unpaired) electrons. The van der Waals surface area contributed by atoms with Gasteiger partial charge in [0.1, 0.15) is 5.76 Å². The van der Waals surface area contributed by atoms with Crippen LogP contribution >= 0.6 is 0 Å². The van der Waals surface area contributed by atoms with E-state index < -0.39 is 0 Å². The van der Waals surface area contributed by atoms with Crippen LogP contribution in [-0.4, -0.2) is 24.5 Å². The van der Waals surface area contributed by atoms with Gasteiger partial charge in [0.2, 0.25) is 0 Å². The highest BCUT2D eigenvalue weighted by molar-refractivity contribution is 5.12. The lowest BCUT2D eigenvalue weighted by atomic mass is 10.3. The fraction of sp³-hybridized carbons (Fsp3) is 0.667. The van der Waals surface area contributed by atoms with Gasteiger partial charge in [-0.1, -0.05) is 6.92 Å². The molecule has 0 bridgehead atoms. The molecule has 3 heteroatoms. The molecule has 0 aromatic carbocycles. The summed E-state index contributed by atoms with van der Waals surface area (Å²) < 4.78 is 5.53. The summed E-state index contributed by atoms with van der Waals surface area (Å²) in [7, 11) is 2.17. The lowest BCUT2D eigenvalue weighted by Gasteiger charge is -2.12. The Morgan fingerprint density at radius 2 is 2.33 bits per heavy atom. The van der Waals surface area contributed by atoms with Crippen molar-refractivity contribution in [2.75, 3.05) is 13.6 Å². The quantitative estimate of drug-likeness (QED) is 0.775. The third-order valence-electron chi connectivity index (χ3n) is 2.86. The van der Waals surface area contributed by atoms with Crippen LogP contribution in [0.3, 0.4) is 0 Å². The standard InChI is InChI=1S/C12H20N2O/c1-3-13-7-10-6-12(15-9-10)8-14(2)11-4-5-11/h6,9,11,13H,3-5,7-8H2,1-2H3. The maximum absolute atomic E-state index is 5.53. The van der Waals surface area contributed by atoms with Crippen LogP contribution in [0.25, 0.3) is 0 Å². The molecule has 0 amide bonds. The van der Waals surface area contributed by atoms with E-state index in [1.165, 1.54) is 18.4 Å². The van der Waals surface area contributed by atoms with Crippen molar-refractivity contribution >= 4 is 0 Å². The molecule has 15 heavy (non-hydrogen) atoms. The van der Waals surface area contributed by atoms with Gasteiger partial charge in [0.05, 0.1) is 12.8 Å². The second-order valence-corrected chi connectivity index (χ2v) is 4.35. The van der Waals surface area contributed by atoms with Gasteiger partial charge in [-0.05, 0) is 32.5 Å². The summed E-state index contributed by atoms with van der Waals surface area (Å²) in [5.74, 6) is 1.08. The van der Waals surface area contributed by atoms with E-state index in [4.69, 9.17) is 4.42 Å². The van der Waals surface area contributed by atoms with Gasteiger partial charge in [0.25, 0.3) is 0 Å². The lowest BCUT2D eigenvalue weighted by Crippen LogP contribution is -2.19. The van der Waals surface area contributed by atoms with Crippen molar-refractivity contribution in [2.45, 2.75) is 38.9 Å². The second kappa shape index (κ2) is 4.81. The molecule has 84 valence electrons. The highest BCUT2D eigenvalue weighted by atomic mass is 16.3. The molecule has 1 aromatic rings. The van der Waals surface area contributed by atoms with Crippen LogP contribution in [0.5, 0.6) is 0 Å². The Kier molecular flexibility index (Phi) is 3.44. The van der Waals surface area contributed by atoms with Gasteiger partial charge in [-0.25, -0.2) is 0 Å².